The van der Waals surface area contributed by atoms with Gasteiger partial charge in [-0.3, -0.25) is 5.10 Å². The molecule has 1 aromatic rings. The lowest BCUT2D eigenvalue weighted by Gasteiger charge is -1.91. The van der Waals surface area contributed by atoms with Gasteiger partial charge in [-0.1, -0.05) is 12.2 Å². The van der Waals surface area contributed by atoms with E-state index in [1.165, 1.54) is 0 Å². The van der Waals surface area contributed by atoms with Crippen LogP contribution in [0, 0.1) is 18.5 Å². The van der Waals surface area contributed by atoms with Gasteiger partial charge in [0.2, 0.25) is 0 Å². The lowest BCUT2D eigenvalue weighted by molar-refractivity contribution is 0.865. The fraction of sp³-hybridized carbons (Fsp3) is 0.400. The van der Waals surface area contributed by atoms with Crippen molar-refractivity contribution >= 4 is 12.2 Å². The summed E-state index contributed by atoms with van der Waals surface area (Å²) < 4.78 is 0.575. The highest BCUT2D eigenvalue weighted by Crippen LogP contribution is 1.90. The van der Waals surface area contributed by atoms with Crippen molar-refractivity contribution in [1.82, 2.24) is 15.2 Å². The molecule has 0 radical (unpaired) electrons. The highest BCUT2D eigenvalue weighted by atomic mass is 32.1. The maximum absolute atomic E-state index is 4.85. The van der Waals surface area contributed by atoms with Crippen LogP contribution in [0.15, 0.2) is 0 Å². The van der Waals surface area contributed by atoms with Crippen molar-refractivity contribution in [2.24, 2.45) is 0 Å². The monoisotopic (exact) mass is 141 g/mol. The largest absolute Gasteiger partial charge is 0.265 e. The molecule has 0 aromatic carbocycles. The molecule has 0 amide bonds. The molecule has 0 aliphatic rings. The number of hydrogen-bond donors (Lipinski definition) is 1. The second-order valence-corrected chi connectivity index (χ2v) is 2.20. The van der Waals surface area contributed by atoms with E-state index in [-0.39, 0.29) is 0 Å². The lowest BCUT2D eigenvalue weighted by Crippen LogP contribution is -1.94. The molecule has 0 fully saturated rings. The molecular weight excluding hydrogens is 134 g/mol. The summed E-state index contributed by atoms with van der Waals surface area (Å²) in [7, 11) is 0. The maximum Gasteiger partial charge on any atom is 0.151 e. The van der Waals surface area contributed by atoms with E-state index >= 15 is 0 Å². The Morgan fingerprint density at radius 2 is 2.11 bits per heavy atom. The summed E-state index contributed by atoms with van der Waals surface area (Å²) in [4.78, 5) is 3.97. The number of nitrogens with zero attached hydrogens (tertiary/aromatic N) is 2. The van der Waals surface area contributed by atoms with Crippen molar-refractivity contribution in [3.8, 4) is 0 Å². The van der Waals surface area contributed by atoms with Crippen molar-refractivity contribution in [1.29, 1.82) is 0 Å². The molecule has 0 bridgehead atoms. The van der Waals surface area contributed by atoms with Crippen LogP contribution in [0.1, 0.15) is 11.5 Å². The number of aromatic amines is 1. The number of rotatable bonds is 0. The van der Waals surface area contributed by atoms with Crippen LogP contribution < -0.4 is 0 Å². The zero-order valence-electron chi connectivity index (χ0n) is 5.30. The Bertz CT molecular complexity index is 265. The quantitative estimate of drug-likeness (QED) is 0.551. The molecular formula is C5H7N3S. The van der Waals surface area contributed by atoms with Gasteiger partial charge in [0, 0.05) is 0 Å². The van der Waals surface area contributed by atoms with Crippen LogP contribution in [0.4, 0.5) is 0 Å². The van der Waals surface area contributed by atoms with Crippen molar-refractivity contribution < 1.29 is 0 Å². The van der Waals surface area contributed by atoms with Gasteiger partial charge in [0.25, 0.3) is 0 Å². The van der Waals surface area contributed by atoms with E-state index in [9.17, 15) is 0 Å². The van der Waals surface area contributed by atoms with E-state index in [2.05, 4.69) is 15.2 Å². The second-order valence-electron chi connectivity index (χ2n) is 1.81. The van der Waals surface area contributed by atoms with Crippen molar-refractivity contribution in [2.45, 2.75) is 13.8 Å². The van der Waals surface area contributed by atoms with Gasteiger partial charge >= 0.3 is 0 Å². The zero-order valence-corrected chi connectivity index (χ0v) is 6.12. The highest BCUT2D eigenvalue weighted by Gasteiger charge is 1.88. The van der Waals surface area contributed by atoms with Crippen LogP contribution >= 0.6 is 12.2 Å². The average molecular weight is 141 g/mol. The van der Waals surface area contributed by atoms with Crippen LogP contribution in [0.5, 0.6) is 0 Å². The molecule has 0 aliphatic carbocycles. The summed E-state index contributed by atoms with van der Waals surface area (Å²) in [6.07, 6.45) is 0. The van der Waals surface area contributed by atoms with Crippen LogP contribution in [0.3, 0.4) is 0 Å². The molecule has 0 saturated carbocycles. The average Bonchev–Trinajstić information content (AvgIpc) is 1.80. The third-order valence-corrected chi connectivity index (χ3v) is 1.35. The van der Waals surface area contributed by atoms with Crippen molar-refractivity contribution in [3.05, 3.63) is 16.2 Å². The summed E-state index contributed by atoms with van der Waals surface area (Å²) in [5.41, 5.74) is 0.774. The fourth-order valence-electron chi connectivity index (χ4n) is 0.471. The molecule has 0 saturated heterocycles. The molecule has 4 heteroatoms. The summed E-state index contributed by atoms with van der Waals surface area (Å²) >= 11 is 4.85. The van der Waals surface area contributed by atoms with Gasteiger partial charge in [0.05, 0.1) is 5.69 Å². The minimum Gasteiger partial charge on any atom is -0.265 e. The summed E-state index contributed by atoms with van der Waals surface area (Å²) in [5, 5.41) is 6.60. The molecule has 0 aliphatic heterocycles. The molecule has 1 aromatic heterocycles. The number of H-pyrrole nitrogens is 1. The topological polar surface area (TPSA) is 41.6 Å². The Hall–Kier alpha value is -0.770. The Kier molecular flexibility index (Phi) is 1.57. The molecule has 1 heterocycles. The first-order chi connectivity index (χ1) is 4.20. The molecule has 1 rings (SSSR count). The van der Waals surface area contributed by atoms with Gasteiger partial charge < -0.3 is 0 Å². The molecule has 1 N–H and O–H groups in total. The van der Waals surface area contributed by atoms with Crippen molar-refractivity contribution in [2.75, 3.05) is 0 Å². The van der Waals surface area contributed by atoms with E-state index in [0.29, 0.717) is 4.64 Å². The summed E-state index contributed by atoms with van der Waals surface area (Å²) in [6.45, 7) is 3.65. The predicted molar refractivity (Wildman–Crippen MR) is 36.7 cm³/mol. The molecule has 0 unspecified atom stereocenters. The minimum absolute atomic E-state index is 0.575. The third kappa shape index (κ3) is 1.32. The van der Waals surface area contributed by atoms with Gasteiger partial charge in [0.1, 0.15) is 5.82 Å². The standard InChI is InChI=1S/C5H7N3S/c1-3-5(9)6-4(2)8-7-3/h1-2H3,(H,6,8,9). The number of hydrogen-bond acceptors (Lipinski definition) is 3. The van der Waals surface area contributed by atoms with E-state index in [1.807, 2.05) is 13.8 Å². The van der Waals surface area contributed by atoms with Gasteiger partial charge in [-0.15, -0.1) is 0 Å². The van der Waals surface area contributed by atoms with Crippen LogP contribution in [-0.2, 0) is 0 Å². The second kappa shape index (κ2) is 2.23. The first-order valence-corrected chi connectivity index (χ1v) is 3.01. The first kappa shape index (κ1) is 6.35. The predicted octanol–water partition coefficient (Wildman–Crippen LogP) is 1.15. The Morgan fingerprint density at radius 3 is 2.56 bits per heavy atom. The van der Waals surface area contributed by atoms with Gasteiger partial charge in [0.15, 0.2) is 4.64 Å². The number of aryl methyl sites for hydroxylation is 2. The lowest BCUT2D eigenvalue weighted by atomic mass is 10.5. The molecule has 9 heavy (non-hydrogen) atoms. The summed E-state index contributed by atoms with van der Waals surface area (Å²) in [5.74, 6) is 0.755. The van der Waals surface area contributed by atoms with E-state index in [4.69, 9.17) is 12.2 Å². The Balaban J connectivity index is 3.34. The maximum atomic E-state index is 4.85. The summed E-state index contributed by atoms with van der Waals surface area (Å²) in [6, 6.07) is 0. The van der Waals surface area contributed by atoms with Gasteiger partial charge in [-0.05, 0) is 13.8 Å². The van der Waals surface area contributed by atoms with Crippen molar-refractivity contribution in [3.63, 3.8) is 0 Å². The van der Waals surface area contributed by atoms with E-state index in [1.54, 1.807) is 0 Å². The smallest absolute Gasteiger partial charge is 0.151 e. The molecule has 3 nitrogen and oxygen atoms in total. The van der Waals surface area contributed by atoms with Gasteiger partial charge in [-0.25, -0.2) is 4.98 Å². The van der Waals surface area contributed by atoms with Crippen LogP contribution in [0.25, 0.3) is 0 Å². The Labute approximate surface area is 58.1 Å². The third-order valence-electron chi connectivity index (χ3n) is 0.964. The number of nitrogens with one attached hydrogen (secondary N) is 1. The SMILES string of the molecule is Cc1nc(=S)c(C)n[nH]1. The van der Waals surface area contributed by atoms with E-state index < -0.39 is 0 Å². The molecule has 48 valence electrons. The highest BCUT2D eigenvalue weighted by molar-refractivity contribution is 7.71. The van der Waals surface area contributed by atoms with Gasteiger partial charge in [-0.2, -0.15) is 5.10 Å². The number of aromatic nitrogens is 3. The van der Waals surface area contributed by atoms with E-state index in [0.717, 1.165) is 11.5 Å². The van der Waals surface area contributed by atoms with Crippen LogP contribution in [0.2, 0.25) is 0 Å². The zero-order chi connectivity index (χ0) is 6.85. The normalized spacial score (nSPS) is 9.56. The Morgan fingerprint density at radius 1 is 1.44 bits per heavy atom. The van der Waals surface area contributed by atoms with Crippen LogP contribution in [-0.4, -0.2) is 15.2 Å². The molecule has 0 atom stereocenters. The molecule has 0 spiro atoms. The minimum atomic E-state index is 0.575. The fourth-order valence-corrected chi connectivity index (χ4v) is 0.653. The first-order valence-electron chi connectivity index (χ1n) is 2.60.